The van der Waals surface area contributed by atoms with Gasteiger partial charge in [0.1, 0.15) is 5.82 Å². The lowest BCUT2D eigenvalue weighted by atomic mass is 10.1. The molecule has 0 aliphatic rings. The number of aryl methyl sites for hydroxylation is 2. The number of nitrogens with zero attached hydrogens (tertiary/aromatic N) is 4. The van der Waals surface area contributed by atoms with Crippen molar-refractivity contribution in [1.29, 1.82) is 0 Å². The molecule has 0 saturated heterocycles. The van der Waals surface area contributed by atoms with Gasteiger partial charge in [0.05, 0.1) is 12.2 Å². The van der Waals surface area contributed by atoms with E-state index in [0.717, 1.165) is 25.3 Å². The Morgan fingerprint density at radius 3 is 2.78 bits per heavy atom. The van der Waals surface area contributed by atoms with Gasteiger partial charge in [0.2, 0.25) is 0 Å². The van der Waals surface area contributed by atoms with Crippen LogP contribution < -0.4 is 5.32 Å². The lowest BCUT2D eigenvalue weighted by Gasteiger charge is -2.16. The Morgan fingerprint density at radius 1 is 1.39 bits per heavy atom. The first-order valence-corrected chi connectivity index (χ1v) is 6.49. The quantitative estimate of drug-likeness (QED) is 0.845. The molecule has 0 bridgehead atoms. The fourth-order valence-corrected chi connectivity index (χ4v) is 2.00. The van der Waals surface area contributed by atoms with Gasteiger partial charge in [0.15, 0.2) is 0 Å². The number of hydrogen-bond acceptors (Lipinski definition) is 3. The van der Waals surface area contributed by atoms with E-state index in [1.165, 1.54) is 5.56 Å². The molecule has 0 radical (unpaired) electrons. The first-order chi connectivity index (χ1) is 8.76. The van der Waals surface area contributed by atoms with E-state index in [4.69, 9.17) is 0 Å². The SMILES string of the molecule is CCCNC(c1cnn(CC)c1)c1nccn1C. The molecule has 5 nitrogen and oxygen atoms in total. The Kier molecular flexibility index (Phi) is 4.15. The van der Waals surface area contributed by atoms with E-state index in [9.17, 15) is 0 Å². The molecule has 5 heteroatoms. The summed E-state index contributed by atoms with van der Waals surface area (Å²) < 4.78 is 4.00. The van der Waals surface area contributed by atoms with Gasteiger partial charge in [-0.3, -0.25) is 4.68 Å². The minimum absolute atomic E-state index is 0.116. The molecule has 98 valence electrons. The fourth-order valence-electron chi connectivity index (χ4n) is 2.00. The van der Waals surface area contributed by atoms with Crippen LogP contribution in [-0.2, 0) is 13.6 Å². The largest absolute Gasteiger partial charge is 0.336 e. The highest BCUT2D eigenvalue weighted by molar-refractivity contribution is 5.20. The summed E-state index contributed by atoms with van der Waals surface area (Å²) in [5.41, 5.74) is 1.17. The highest BCUT2D eigenvalue weighted by atomic mass is 15.3. The van der Waals surface area contributed by atoms with Gasteiger partial charge < -0.3 is 9.88 Å². The first-order valence-electron chi connectivity index (χ1n) is 6.49. The first kappa shape index (κ1) is 12.8. The van der Waals surface area contributed by atoms with Crippen LogP contribution in [0.15, 0.2) is 24.8 Å². The normalized spacial score (nSPS) is 12.8. The molecule has 1 N–H and O–H groups in total. The van der Waals surface area contributed by atoms with Gasteiger partial charge in [0.25, 0.3) is 0 Å². The van der Waals surface area contributed by atoms with Crippen LogP contribution in [0.2, 0.25) is 0 Å². The number of nitrogens with one attached hydrogen (secondary N) is 1. The van der Waals surface area contributed by atoms with Crippen molar-refractivity contribution in [2.75, 3.05) is 6.54 Å². The van der Waals surface area contributed by atoms with Crippen LogP contribution in [-0.4, -0.2) is 25.9 Å². The Balaban J connectivity index is 2.27. The lowest BCUT2D eigenvalue weighted by molar-refractivity contribution is 0.554. The summed E-state index contributed by atoms with van der Waals surface area (Å²) in [6.45, 7) is 6.11. The van der Waals surface area contributed by atoms with Gasteiger partial charge in [0, 0.05) is 37.7 Å². The van der Waals surface area contributed by atoms with Crippen molar-refractivity contribution >= 4 is 0 Å². The number of rotatable bonds is 6. The Hall–Kier alpha value is -1.62. The van der Waals surface area contributed by atoms with Crippen LogP contribution in [0.3, 0.4) is 0 Å². The minimum Gasteiger partial charge on any atom is -0.336 e. The van der Waals surface area contributed by atoms with Crippen molar-refractivity contribution in [3.05, 3.63) is 36.2 Å². The van der Waals surface area contributed by atoms with E-state index in [-0.39, 0.29) is 6.04 Å². The molecule has 2 aromatic heterocycles. The molecule has 18 heavy (non-hydrogen) atoms. The molecule has 0 aromatic carbocycles. The zero-order chi connectivity index (χ0) is 13.0. The average Bonchev–Trinajstić information content (AvgIpc) is 3.00. The van der Waals surface area contributed by atoms with Crippen molar-refractivity contribution in [3.63, 3.8) is 0 Å². The maximum Gasteiger partial charge on any atom is 0.130 e. The molecular formula is C13H21N5. The summed E-state index contributed by atoms with van der Waals surface area (Å²) in [5, 5.41) is 7.87. The van der Waals surface area contributed by atoms with Crippen LogP contribution in [0.4, 0.5) is 0 Å². The molecule has 0 aliphatic heterocycles. The molecule has 0 spiro atoms. The predicted molar refractivity (Wildman–Crippen MR) is 71.2 cm³/mol. The Bertz CT molecular complexity index is 485. The van der Waals surface area contributed by atoms with Crippen molar-refractivity contribution in [2.45, 2.75) is 32.9 Å². The van der Waals surface area contributed by atoms with Gasteiger partial charge in [-0.05, 0) is 19.9 Å². The molecule has 1 atom stereocenters. The third-order valence-corrected chi connectivity index (χ3v) is 3.03. The highest BCUT2D eigenvalue weighted by Crippen LogP contribution is 2.19. The second-order valence-corrected chi connectivity index (χ2v) is 4.41. The van der Waals surface area contributed by atoms with Crippen molar-refractivity contribution in [1.82, 2.24) is 24.6 Å². The Morgan fingerprint density at radius 2 is 2.22 bits per heavy atom. The second kappa shape index (κ2) is 5.82. The molecule has 2 rings (SSSR count). The smallest absolute Gasteiger partial charge is 0.130 e. The van der Waals surface area contributed by atoms with Gasteiger partial charge in [-0.25, -0.2) is 4.98 Å². The second-order valence-electron chi connectivity index (χ2n) is 4.41. The van der Waals surface area contributed by atoms with Gasteiger partial charge >= 0.3 is 0 Å². The van der Waals surface area contributed by atoms with E-state index >= 15 is 0 Å². The number of hydrogen-bond donors (Lipinski definition) is 1. The molecule has 0 fully saturated rings. The predicted octanol–water partition coefficient (Wildman–Crippen LogP) is 1.73. The topological polar surface area (TPSA) is 47.7 Å². The number of aromatic nitrogens is 4. The summed E-state index contributed by atoms with van der Waals surface area (Å²) in [4.78, 5) is 4.44. The van der Waals surface area contributed by atoms with E-state index < -0.39 is 0 Å². The molecule has 2 aromatic rings. The summed E-state index contributed by atoms with van der Waals surface area (Å²) >= 11 is 0. The van der Waals surface area contributed by atoms with E-state index in [0.29, 0.717) is 0 Å². The zero-order valence-corrected chi connectivity index (χ0v) is 11.3. The van der Waals surface area contributed by atoms with E-state index in [2.05, 4.69) is 40.0 Å². The van der Waals surface area contributed by atoms with E-state index in [1.807, 2.05) is 30.3 Å². The third-order valence-electron chi connectivity index (χ3n) is 3.03. The van der Waals surface area contributed by atoms with Crippen LogP contribution in [0.25, 0.3) is 0 Å². The van der Waals surface area contributed by atoms with Gasteiger partial charge in [-0.2, -0.15) is 5.10 Å². The van der Waals surface area contributed by atoms with Crippen LogP contribution in [0, 0.1) is 0 Å². The van der Waals surface area contributed by atoms with Crippen molar-refractivity contribution in [3.8, 4) is 0 Å². The average molecular weight is 247 g/mol. The third kappa shape index (κ3) is 2.61. The van der Waals surface area contributed by atoms with Crippen LogP contribution >= 0.6 is 0 Å². The molecule has 0 aliphatic carbocycles. The van der Waals surface area contributed by atoms with Crippen LogP contribution in [0.1, 0.15) is 37.7 Å². The van der Waals surface area contributed by atoms with E-state index in [1.54, 1.807) is 0 Å². The molecule has 0 saturated carbocycles. The van der Waals surface area contributed by atoms with Crippen molar-refractivity contribution < 1.29 is 0 Å². The monoisotopic (exact) mass is 247 g/mol. The van der Waals surface area contributed by atoms with Crippen LogP contribution in [0.5, 0.6) is 0 Å². The van der Waals surface area contributed by atoms with Gasteiger partial charge in [-0.1, -0.05) is 6.92 Å². The van der Waals surface area contributed by atoms with Gasteiger partial charge in [-0.15, -0.1) is 0 Å². The summed E-state index contributed by atoms with van der Waals surface area (Å²) in [5.74, 6) is 1.03. The highest BCUT2D eigenvalue weighted by Gasteiger charge is 2.18. The standard InChI is InChI=1S/C13H21N5/c1-4-6-14-12(13-15-7-8-17(13)3)11-9-16-18(5-2)10-11/h7-10,12,14H,4-6H2,1-3H3. The molecule has 1 unspecified atom stereocenters. The lowest BCUT2D eigenvalue weighted by Crippen LogP contribution is -2.25. The number of imidazole rings is 1. The zero-order valence-electron chi connectivity index (χ0n) is 11.3. The molecule has 2 heterocycles. The maximum atomic E-state index is 4.44. The minimum atomic E-state index is 0.116. The maximum absolute atomic E-state index is 4.44. The molecular weight excluding hydrogens is 226 g/mol. The Labute approximate surface area is 108 Å². The summed E-state index contributed by atoms with van der Waals surface area (Å²) in [6.07, 6.45) is 8.91. The van der Waals surface area contributed by atoms with Crippen molar-refractivity contribution in [2.24, 2.45) is 7.05 Å². The summed E-state index contributed by atoms with van der Waals surface area (Å²) in [6, 6.07) is 0.116. The molecule has 0 amide bonds. The fraction of sp³-hybridized carbons (Fsp3) is 0.538. The summed E-state index contributed by atoms with van der Waals surface area (Å²) in [7, 11) is 2.02.